The minimum Gasteiger partial charge on any atom is -0.490 e. The summed E-state index contributed by atoms with van der Waals surface area (Å²) in [6.07, 6.45) is 1.55. The van der Waals surface area contributed by atoms with Crippen LogP contribution in [0.5, 0.6) is 5.75 Å². The second-order valence-corrected chi connectivity index (χ2v) is 5.37. The van der Waals surface area contributed by atoms with Crippen molar-refractivity contribution in [3.8, 4) is 5.75 Å². The van der Waals surface area contributed by atoms with E-state index in [1.807, 2.05) is 20.8 Å². The second-order valence-electron chi connectivity index (χ2n) is 5.37. The Kier molecular flexibility index (Phi) is 5.73. The van der Waals surface area contributed by atoms with Crippen molar-refractivity contribution >= 4 is 5.91 Å². The number of hydrogen-bond donors (Lipinski definition) is 2. The number of ether oxygens (including phenoxy) is 1. The Morgan fingerprint density at radius 1 is 1.39 bits per heavy atom. The molecule has 0 aliphatic carbocycles. The molecule has 0 radical (unpaired) electrons. The number of carbonyl (C=O) groups excluding carboxylic acids is 1. The van der Waals surface area contributed by atoms with Gasteiger partial charge in [-0.05, 0) is 57.4 Å². The highest BCUT2D eigenvalue weighted by atomic mass is 19.1. The number of nitrogens with zero attached hydrogens (tertiary/aromatic N) is 1. The summed E-state index contributed by atoms with van der Waals surface area (Å²) in [7, 11) is 0. The van der Waals surface area contributed by atoms with E-state index in [1.54, 1.807) is 0 Å². The van der Waals surface area contributed by atoms with Crippen molar-refractivity contribution in [1.82, 2.24) is 15.5 Å². The van der Waals surface area contributed by atoms with Crippen molar-refractivity contribution in [1.29, 1.82) is 0 Å². The van der Waals surface area contributed by atoms with Crippen LogP contribution < -0.4 is 10.1 Å². The third-order valence-corrected chi connectivity index (χ3v) is 3.64. The first kappa shape index (κ1) is 17.0. The van der Waals surface area contributed by atoms with E-state index in [4.69, 9.17) is 4.74 Å². The zero-order valence-corrected chi connectivity index (χ0v) is 13.7. The van der Waals surface area contributed by atoms with Crippen LogP contribution in [0.15, 0.2) is 18.2 Å². The summed E-state index contributed by atoms with van der Waals surface area (Å²) in [4.78, 5) is 11.8. The number of nitrogens with one attached hydrogen (secondary N) is 2. The van der Waals surface area contributed by atoms with Gasteiger partial charge in [-0.1, -0.05) is 0 Å². The van der Waals surface area contributed by atoms with Gasteiger partial charge in [0, 0.05) is 17.8 Å². The number of aromatic nitrogens is 2. The van der Waals surface area contributed by atoms with Gasteiger partial charge in [-0.25, -0.2) is 4.39 Å². The van der Waals surface area contributed by atoms with Crippen molar-refractivity contribution in [3.63, 3.8) is 0 Å². The zero-order valence-electron chi connectivity index (χ0n) is 13.7. The van der Waals surface area contributed by atoms with Crippen molar-refractivity contribution in [2.45, 2.75) is 33.6 Å². The molecule has 0 atom stereocenters. The molecule has 0 saturated carbocycles. The molecular weight excluding hydrogens is 297 g/mol. The molecule has 0 saturated heterocycles. The van der Waals surface area contributed by atoms with Gasteiger partial charge in [-0.2, -0.15) is 5.10 Å². The molecule has 6 heteroatoms. The average molecular weight is 319 g/mol. The standard InChI is InChI=1S/C17H22FN3O2/c1-4-19-17(22)13-7-8-15(18)16(10-13)23-9-5-6-14-11(2)20-21-12(14)3/h7-8,10H,4-6,9H2,1-3H3,(H,19,22)(H,20,21). The van der Waals surface area contributed by atoms with Crippen molar-refractivity contribution in [3.05, 3.63) is 46.5 Å². The molecule has 23 heavy (non-hydrogen) atoms. The Bertz CT molecular complexity index is 663. The molecule has 2 aromatic rings. The molecule has 0 spiro atoms. The van der Waals surface area contributed by atoms with E-state index in [-0.39, 0.29) is 11.7 Å². The molecule has 1 amide bonds. The first-order valence-corrected chi connectivity index (χ1v) is 7.74. The highest BCUT2D eigenvalue weighted by Crippen LogP contribution is 2.20. The number of hydrogen-bond acceptors (Lipinski definition) is 3. The van der Waals surface area contributed by atoms with Gasteiger partial charge in [-0.15, -0.1) is 0 Å². The summed E-state index contributed by atoms with van der Waals surface area (Å²) >= 11 is 0. The van der Waals surface area contributed by atoms with Crippen LogP contribution >= 0.6 is 0 Å². The maximum absolute atomic E-state index is 13.8. The van der Waals surface area contributed by atoms with Gasteiger partial charge in [0.2, 0.25) is 0 Å². The van der Waals surface area contributed by atoms with Crippen LogP contribution in [0, 0.1) is 19.7 Å². The Balaban J connectivity index is 1.92. The summed E-state index contributed by atoms with van der Waals surface area (Å²) in [5, 5.41) is 9.77. The van der Waals surface area contributed by atoms with Crippen molar-refractivity contribution in [2.24, 2.45) is 0 Å². The fourth-order valence-corrected chi connectivity index (χ4v) is 2.39. The highest BCUT2D eigenvalue weighted by molar-refractivity contribution is 5.94. The van der Waals surface area contributed by atoms with Gasteiger partial charge in [0.1, 0.15) is 0 Å². The summed E-state index contributed by atoms with van der Waals surface area (Å²) in [5.41, 5.74) is 3.59. The summed E-state index contributed by atoms with van der Waals surface area (Å²) in [6, 6.07) is 4.14. The van der Waals surface area contributed by atoms with Gasteiger partial charge in [0.25, 0.3) is 5.91 Å². The lowest BCUT2D eigenvalue weighted by atomic mass is 10.1. The predicted molar refractivity (Wildman–Crippen MR) is 86.3 cm³/mol. The summed E-state index contributed by atoms with van der Waals surface area (Å²) in [6.45, 7) is 6.66. The maximum Gasteiger partial charge on any atom is 0.251 e. The van der Waals surface area contributed by atoms with E-state index in [0.29, 0.717) is 18.7 Å². The molecule has 0 bridgehead atoms. The van der Waals surface area contributed by atoms with Crippen molar-refractivity contribution < 1.29 is 13.9 Å². The van der Waals surface area contributed by atoms with E-state index < -0.39 is 5.82 Å². The number of aromatic amines is 1. The van der Waals surface area contributed by atoms with E-state index in [9.17, 15) is 9.18 Å². The van der Waals surface area contributed by atoms with Gasteiger partial charge in [0.15, 0.2) is 11.6 Å². The highest BCUT2D eigenvalue weighted by Gasteiger charge is 2.11. The third kappa shape index (κ3) is 4.31. The fourth-order valence-electron chi connectivity index (χ4n) is 2.39. The normalized spacial score (nSPS) is 10.6. The van der Waals surface area contributed by atoms with Crippen LogP contribution in [0.25, 0.3) is 0 Å². The predicted octanol–water partition coefficient (Wildman–Crippen LogP) is 2.93. The number of rotatable bonds is 7. The molecule has 2 rings (SSSR count). The molecule has 0 aliphatic rings. The largest absolute Gasteiger partial charge is 0.490 e. The Hall–Kier alpha value is -2.37. The minimum absolute atomic E-state index is 0.106. The quantitative estimate of drug-likeness (QED) is 0.771. The van der Waals surface area contributed by atoms with Crippen LogP contribution in [0.3, 0.4) is 0 Å². The average Bonchev–Trinajstić information content (AvgIpc) is 2.84. The van der Waals surface area contributed by atoms with E-state index in [2.05, 4.69) is 15.5 Å². The van der Waals surface area contributed by atoms with E-state index >= 15 is 0 Å². The monoisotopic (exact) mass is 319 g/mol. The number of amides is 1. The third-order valence-electron chi connectivity index (χ3n) is 3.64. The molecule has 1 aromatic carbocycles. The van der Waals surface area contributed by atoms with Crippen LogP contribution in [-0.4, -0.2) is 29.3 Å². The van der Waals surface area contributed by atoms with Gasteiger partial charge < -0.3 is 10.1 Å². The van der Waals surface area contributed by atoms with Gasteiger partial charge >= 0.3 is 0 Å². The molecule has 0 aliphatic heterocycles. The van der Waals surface area contributed by atoms with Gasteiger partial charge in [-0.3, -0.25) is 9.89 Å². The first-order chi connectivity index (χ1) is 11.0. The molecule has 2 N–H and O–H groups in total. The van der Waals surface area contributed by atoms with E-state index in [0.717, 1.165) is 24.2 Å². The summed E-state index contributed by atoms with van der Waals surface area (Å²) < 4.78 is 19.3. The van der Waals surface area contributed by atoms with Crippen LogP contribution in [-0.2, 0) is 6.42 Å². The number of carbonyl (C=O) groups is 1. The SMILES string of the molecule is CCNC(=O)c1ccc(F)c(OCCCc2c(C)n[nH]c2C)c1. The van der Waals surface area contributed by atoms with Crippen LogP contribution in [0.2, 0.25) is 0 Å². The van der Waals surface area contributed by atoms with Crippen LogP contribution in [0.1, 0.15) is 40.7 Å². The lowest BCUT2D eigenvalue weighted by Crippen LogP contribution is -2.22. The number of halogens is 1. The number of H-pyrrole nitrogens is 1. The fraction of sp³-hybridized carbons (Fsp3) is 0.412. The zero-order chi connectivity index (χ0) is 16.8. The number of benzene rings is 1. The maximum atomic E-state index is 13.8. The molecule has 1 heterocycles. The first-order valence-electron chi connectivity index (χ1n) is 7.74. The molecule has 124 valence electrons. The van der Waals surface area contributed by atoms with E-state index in [1.165, 1.54) is 23.8 Å². The molecule has 1 aromatic heterocycles. The topological polar surface area (TPSA) is 67.0 Å². The van der Waals surface area contributed by atoms with Gasteiger partial charge in [0.05, 0.1) is 12.3 Å². The second kappa shape index (κ2) is 7.76. The lowest BCUT2D eigenvalue weighted by Gasteiger charge is -2.09. The smallest absolute Gasteiger partial charge is 0.251 e. The molecule has 5 nitrogen and oxygen atoms in total. The number of aryl methyl sites for hydroxylation is 2. The minimum atomic E-state index is -0.464. The van der Waals surface area contributed by atoms with Crippen molar-refractivity contribution in [2.75, 3.05) is 13.2 Å². The Labute approximate surface area is 135 Å². The Morgan fingerprint density at radius 2 is 2.17 bits per heavy atom. The summed E-state index contributed by atoms with van der Waals surface area (Å²) in [5.74, 6) is -0.592. The molecular formula is C17H22FN3O2. The van der Waals surface area contributed by atoms with Crippen LogP contribution in [0.4, 0.5) is 4.39 Å². The molecule has 0 unspecified atom stereocenters. The lowest BCUT2D eigenvalue weighted by molar-refractivity contribution is 0.0955. The molecule has 0 fully saturated rings. The Morgan fingerprint density at radius 3 is 2.83 bits per heavy atom.